The second-order valence-electron chi connectivity index (χ2n) is 4.83. The molecule has 1 aromatic heterocycles. The van der Waals surface area contributed by atoms with Gasteiger partial charge in [-0.05, 0) is 37.0 Å². The number of aromatic nitrogens is 3. The first-order chi connectivity index (χ1) is 9.20. The highest BCUT2D eigenvalue weighted by atomic mass is 16.4. The second kappa shape index (κ2) is 4.50. The summed E-state index contributed by atoms with van der Waals surface area (Å²) in [5.74, 6) is -0.717. The van der Waals surface area contributed by atoms with Gasteiger partial charge in [-0.3, -0.25) is 0 Å². The van der Waals surface area contributed by atoms with Crippen LogP contribution in [0.2, 0.25) is 0 Å². The molecular formula is C14H15N3O2. The van der Waals surface area contributed by atoms with Gasteiger partial charge in [-0.15, -0.1) is 5.10 Å². The zero-order valence-corrected chi connectivity index (χ0v) is 10.7. The van der Waals surface area contributed by atoms with Crippen molar-refractivity contribution in [3.8, 4) is 5.69 Å². The first-order valence-corrected chi connectivity index (χ1v) is 6.49. The molecule has 0 aliphatic heterocycles. The van der Waals surface area contributed by atoms with Crippen molar-refractivity contribution in [3.63, 3.8) is 0 Å². The van der Waals surface area contributed by atoms with Crippen LogP contribution in [0.4, 0.5) is 0 Å². The van der Waals surface area contributed by atoms with Crippen molar-refractivity contribution in [1.29, 1.82) is 0 Å². The molecule has 1 N–H and O–H groups in total. The summed E-state index contributed by atoms with van der Waals surface area (Å²) in [5.41, 5.74) is 2.94. The Morgan fingerprint density at radius 2 is 2.05 bits per heavy atom. The Morgan fingerprint density at radius 3 is 2.58 bits per heavy atom. The van der Waals surface area contributed by atoms with Crippen LogP contribution in [-0.4, -0.2) is 26.1 Å². The predicted molar refractivity (Wildman–Crippen MR) is 69.7 cm³/mol. The van der Waals surface area contributed by atoms with Gasteiger partial charge in [0.1, 0.15) is 0 Å². The molecule has 0 radical (unpaired) electrons. The van der Waals surface area contributed by atoms with Crippen molar-refractivity contribution in [3.05, 3.63) is 41.2 Å². The Kier molecular flexibility index (Phi) is 2.81. The minimum Gasteiger partial charge on any atom is -0.476 e. The molecule has 0 amide bonds. The van der Waals surface area contributed by atoms with E-state index in [1.54, 1.807) is 4.68 Å². The van der Waals surface area contributed by atoms with Crippen LogP contribution in [0.5, 0.6) is 0 Å². The second-order valence-corrected chi connectivity index (χ2v) is 4.83. The fraction of sp³-hybridized carbons (Fsp3) is 0.357. The lowest BCUT2D eigenvalue weighted by atomic mass is 10.1. The first kappa shape index (κ1) is 11.9. The molecule has 19 heavy (non-hydrogen) atoms. The number of hydrogen-bond donors (Lipinski definition) is 1. The highest BCUT2D eigenvalue weighted by Crippen LogP contribution is 2.41. The average molecular weight is 257 g/mol. The molecular weight excluding hydrogens is 242 g/mol. The molecule has 1 heterocycles. The monoisotopic (exact) mass is 257 g/mol. The predicted octanol–water partition coefficient (Wildman–Crippen LogP) is 2.41. The summed E-state index contributed by atoms with van der Waals surface area (Å²) < 4.78 is 1.67. The molecule has 0 bridgehead atoms. The van der Waals surface area contributed by atoms with E-state index in [1.807, 2.05) is 24.3 Å². The fourth-order valence-electron chi connectivity index (χ4n) is 2.23. The molecule has 0 saturated heterocycles. The molecule has 2 aromatic rings. The van der Waals surface area contributed by atoms with Crippen molar-refractivity contribution in [2.75, 3.05) is 0 Å². The molecule has 98 valence electrons. The molecule has 5 nitrogen and oxygen atoms in total. The van der Waals surface area contributed by atoms with Gasteiger partial charge in [-0.1, -0.05) is 24.3 Å². The highest BCUT2D eigenvalue weighted by Gasteiger charge is 2.34. The van der Waals surface area contributed by atoms with Gasteiger partial charge in [-0.2, -0.15) is 0 Å². The van der Waals surface area contributed by atoms with E-state index < -0.39 is 5.97 Å². The molecule has 3 rings (SSSR count). The molecule has 0 atom stereocenters. The number of carboxylic acids is 1. The zero-order valence-electron chi connectivity index (χ0n) is 10.7. The number of rotatable bonds is 4. The normalized spacial score (nSPS) is 14.6. The number of carboxylic acid groups (broad SMARTS) is 1. The maximum absolute atomic E-state index is 11.2. The fourth-order valence-corrected chi connectivity index (χ4v) is 2.23. The zero-order chi connectivity index (χ0) is 13.4. The maximum Gasteiger partial charge on any atom is 0.358 e. The molecule has 0 unspecified atom stereocenters. The van der Waals surface area contributed by atoms with E-state index in [1.165, 1.54) is 5.56 Å². The summed E-state index contributed by atoms with van der Waals surface area (Å²) in [6.07, 6.45) is 3.01. The average Bonchev–Trinajstić information content (AvgIpc) is 3.17. The minimum atomic E-state index is -1.00. The SMILES string of the molecule is CCc1ccc(-n2nnc(C(=O)O)c2C2CC2)cc1. The number of nitrogens with zero attached hydrogens (tertiary/aromatic N) is 3. The van der Waals surface area contributed by atoms with Crippen molar-refractivity contribution >= 4 is 5.97 Å². The van der Waals surface area contributed by atoms with Gasteiger partial charge in [0.15, 0.2) is 5.69 Å². The number of hydrogen-bond acceptors (Lipinski definition) is 3. The van der Waals surface area contributed by atoms with Crippen molar-refractivity contribution in [2.45, 2.75) is 32.1 Å². The smallest absolute Gasteiger partial charge is 0.358 e. The molecule has 1 aliphatic carbocycles. The third kappa shape index (κ3) is 2.12. The highest BCUT2D eigenvalue weighted by molar-refractivity contribution is 5.87. The van der Waals surface area contributed by atoms with E-state index in [0.29, 0.717) is 0 Å². The van der Waals surface area contributed by atoms with Crippen molar-refractivity contribution < 1.29 is 9.90 Å². The summed E-state index contributed by atoms with van der Waals surface area (Å²) in [4.78, 5) is 11.2. The lowest BCUT2D eigenvalue weighted by molar-refractivity contribution is 0.0689. The molecule has 5 heteroatoms. The summed E-state index contributed by atoms with van der Waals surface area (Å²) in [7, 11) is 0. The van der Waals surface area contributed by atoms with Gasteiger partial charge in [-0.25, -0.2) is 9.48 Å². The van der Waals surface area contributed by atoms with Crippen LogP contribution in [0.15, 0.2) is 24.3 Å². The van der Waals surface area contributed by atoms with Crippen LogP contribution in [-0.2, 0) is 6.42 Å². The number of aryl methyl sites for hydroxylation is 1. The Balaban J connectivity index is 2.06. The van der Waals surface area contributed by atoms with Gasteiger partial charge in [0, 0.05) is 5.92 Å². The quantitative estimate of drug-likeness (QED) is 0.913. The van der Waals surface area contributed by atoms with Gasteiger partial charge < -0.3 is 5.11 Å². The van der Waals surface area contributed by atoms with Crippen molar-refractivity contribution in [2.24, 2.45) is 0 Å². The Labute approximate surface area is 110 Å². The van der Waals surface area contributed by atoms with Crippen LogP contribution in [0, 0.1) is 0 Å². The minimum absolute atomic E-state index is 0.0852. The van der Waals surface area contributed by atoms with E-state index in [-0.39, 0.29) is 11.6 Å². The van der Waals surface area contributed by atoms with E-state index in [0.717, 1.165) is 30.6 Å². The molecule has 1 aliphatic rings. The van der Waals surface area contributed by atoms with E-state index in [4.69, 9.17) is 5.11 Å². The van der Waals surface area contributed by atoms with Gasteiger partial charge in [0.25, 0.3) is 0 Å². The lowest BCUT2D eigenvalue weighted by Gasteiger charge is -2.06. The van der Waals surface area contributed by atoms with Crippen LogP contribution in [0.1, 0.15) is 47.4 Å². The van der Waals surface area contributed by atoms with Gasteiger partial charge in [0.05, 0.1) is 11.4 Å². The topological polar surface area (TPSA) is 68.0 Å². The number of carbonyl (C=O) groups is 1. The summed E-state index contributed by atoms with van der Waals surface area (Å²) in [6, 6.07) is 8.00. The van der Waals surface area contributed by atoms with Crippen LogP contribution < -0.4 is 0 Å². The van der Waals surface area contributed by atoms with E-state index >= 15 is 0 Å². The van der Waals surface area contributed by atoms with Crippen molar-refractivity contribution in [1.82, 2.24) is 15.0 Å². The van der Waals surface area contributed by atoms with Crippen LogP contribution >= 0.6 is 0 Å². The Morgan fingerprint density at radius 1 is 1.37 bits per heavy atom. The summed E-state index contributed by atoms with van der Waals surface area (Å²) >= 11 is 0. The largest absolute Gasteiger partial charge is 0.476 e. The number of aromatic carboxylic acids is 1. The standard InChI is InChI=1S/C14H15N3O2/c1-2-9-3-7-11(8-4-9)17-13(10-5-6-10)12(14(18)19)15-16-17/h3-4,7-8,10H,2,5-6H2,1H3,(H,18,19). The van der Waals surface area contributed by atoms with E-state index in [9.17, 15) is 4.79 Å². The van der Waals surface area contributed by atoms with Gasteiger partial charge >= 0.3 is 5.97 Å². The van der Waals surface area contributed by atoms with Gasteiger partial charge in [0.2, 0.25) is 0 Å². The molecule has 1 saturated carbocycles. The molecule has 1 aromatic carbocycles. The third-order valence-electron chi connectivity index (χ3n) is 3.46. The van der Waals surface area contributed by atoms with Crippen LogP contribution in [0.3, 0.4) is 0 Å². The Bertz CT molecular complexity index is 612. The maximum atomic E-state index is 11.2. The lowest BCUT2D eigenvalue weighted by Crippen LogP contribution is -2.05. The summed E-state index contributed by atoms with van der Waals surface area (Å²) in [5, 5.41) is 17.0. The van der Waals surface area contributed by atoms with E-state index in [2.05, 4.69) is 17.2 Å². The Hall–Kier alpha value is -2.17. The first-order valence-electron chi connectivity index (χ1n) is 6.49. The summed E-state index contributed by atoms with van der Waals surface area (Å²) in [6.45, 7) is 2.10. The molecule has 0 spiro atoms. The number of benzene rings is 1. The molecule has 1 fully saturated rings. The van der Waals surface area contributed by atoms with Crippen LogP contribution in [0.25, 0.3) is 5.69 Å². The third-order valence-corrected chi connectivity index (χ3v) is 3.46.